The molecular formula is C9H14N4O3S2. The topological polar surface area (TPSA) is 107 Å². The molecule has 1 aliphatic carbocycles. The van der Waals surface area contributed by atoms with E-state index in [-0.39, 0.29) is 21.6 Å². The zero-order chi connectivity index (χ0) is 12.8. The van der Waals surface area contributed by atoms with Crippen LogP contribution in [0.5, 0.6) is 0 Å². The van der Waals surface area contributed by atoms with Gasteiger partial charge in [0, 0.05) is 6.61 Å². The second-order valence-electron chi connectivity index (χ2n) is 4.60. The van der Waals surface area contributed by atoms with Crippen LogP contribution >= 0.6 is 11.3 Å². The molecule has 2 fully saturated rings. The minimum absolute atomic E-state index is 0.00467. The predicted octanol–water partition coefficient (Wildman–Crippen LogP) is -0.0339. The van der Waals surface area contributed by atoms with Crippen molar-refractivity contribution in [3.8, 4) is 0 Å². The molecule has 2 aliphatic rings. The van der Waals surface area contributed by atoms with E-state index in [4.69, 9.17) is 10.5 Å². The van der Waals surface area contributed by atoms with Crippen LogP contribution in [-0.2, 0) is 14.8 Å². The number of aromatic nitrogens is 2. The van der Waals surface area contributed by atoms with Crippen LogP contribution in [0.4, 0.5) is 5.13 Å². The number of ether oxygens (including phenoxy) is 1. The van der Waals surface area contributed by atoms with Crippen LogP contribution in [0.3, 0.4) is 0 Å². The van der Waals surface area contributed by atoms with Crippen molar-refractivity contribution in [2.75, 3.05) is 12.3 Å². The molecule has 2 unspecified atom stereocenters. The lowest BCUT2D eigenvalue weighted by Crippen LogP contribution is -2.41. The highest BCUT2D eigenvalue weighted by Gasteiger charge is 2.42. The number of hydrogen-bond donors (Lipinski definition) is 2. The van der Waals surface area contributed by atoms with Crippen molar-refractivity contribution in [1.29, 1.82) is 0 Å². The summed E-state index contributed by atoms with van der Waals surface area (Å²) in [6, 6.07) is -0.160. The normalized spacial score (nSPS) is 28.7. The Morgan fingerprint density at radius 1 is 1.33 bits per heavy atom. The first-order valence-electron chi connectivity index (χ1n) is 5.79. The zero-order valence-corrected chi connectivity index (χ0v) is 11.2. The summed E-state index contributed by atoms with van der Waals surface area (Å²) in [5, 5.41) is 7.24. The van der Waals surface area contributed by atoms with E-state index in [0.29, 0.717) is 18.9 Å². The Morgan fingerprint density at radius 3 is 2.72 bits per heavy atom. The SMILES string of the molecule is Nc1nnc(S(=O)(=O)NC2CCOC2C2CC2)s1. The molecule has 2 heterocycles. The number of nitrogens with two attached hydrogens (primary N) is 1. The molecule has 3 N–H and O–H groups in total. The van der Waals surface area contributed by atoms with Gasteiger partial charge < -0.3 is 10.5 Å². The van der Waals surface area contributed by atoms with Crippen molar-refractivity contribution >= 4 is 26.5 Å². The molecule has 7 nitrogen and oxygen atoms in total. The maximum Gasteiger partial charge on any atom is 0.270 e. The molecule has 1 aliphatic heterocycles. The Bertz CT molecular complexity index is 540. The van der Waals surface area contributed by atoms with Crippen molar-refractivity contribution in [1.82, 2.24) is 14.9 Å². The van der Waals surface area contributed by atoms with Gasteiger partial charge in [-0.2, -0.15) is 0 Å². The maximum atomic E-state index is 12.1. The Labute approximate surface area is 109 Å². The molecule has 0 radical (unpaired) electrons. The summed E-state index contributed by atoms with van der Waals surface area (Å²) < 4.78 is 32.3. The molecule has 0 spiro atoms. The molecule has 18 heavy (non-hydrogen) atoms. The van der Waals surface area contributed by atoms with Crippen molar-refractivity contribution in [3.05, 3.63) is 0 Å². The molecule has 9 heteroatoms. The summed E-state index contributed by atoms with van der Waals surface area (Å²) in [6.45, 7) is 0.604. The van der Waals surface area contributed by atoms with Gasteiger partial charge in [-0.3, -0.25) is 0 Å². The molecule has 0 aromatic carbocycles. The fourth-order valence-corrected chi connectivity index (χ4v) is 4.29. The van der Waals surface area contributed by atoms with Crippen molar-refractivity contribution in [3.63, 3.8) is 0 Å². The predicted molar refractivity (Wildman–Crippen MR) is 65.5 cm³/mol. The van der Waals surface area contributed by atoms with E-state index in [1.54, 1.807) is 0 Å². The fourth-order valence-electron chi connectivity index (χ4n) is 2.21. The van der Waals surface area contributed by atoms with Crippen LogP contribution in [0.1, 0.15) is 19.3 Å². The van der Waals surface area contributed by atoms with Gasteiger partial charge in [0.25, 0.3) is 10.0 Å². The van der Waals surface area contributed by atoms with Gasteiger partial charge in [-0.15, -0.1) is 10.2 Å². The van der Waals surface area contributed by atoms with E-state index >= 15 is 0 Å². The summed E-state index contributed by atoms with van der Waals surface area (Å²) in [7, 11) is -3.63. The average molecular weight is 290 g/mol. The number of nitrogens with zero attached hydrogens (tertiary/aromatic N) is 2. The van der Waals surface area contributed by atoms with Gasteiger partial charge in [0.05, 0.1) is 12.1 Å². The summed E-state index contributed by atoms with van der Waals surface area (Å²) in [5.74, 6) is 0.500. The van der Waals surface area contributed by atoms with E-state index in [2.05, 4.69) is 14.9 Å². The van der Waals surface area contributed by atoms with E-state index in [1.165, 1.54) is 0 Å². The van der Waals surface area contributed by atoms with Crippen LogP contribution in [-0.4, -0.2) is 37.4 Å². The largest absolute Gasteiger partial charge is 0.376 e. The summed E-state index contributed by atoms with van der Waals surface area (Å²) in [6.07, 6.45) is 2.95. The average Bonchev–Trinajstić information content (AvgIpc) is 2.88. The number of rotatable bonds is 4. The van der Waals surface area contributed by atoms with Crippen LogP contribution in [0.25, 0.3) is 0 Å². The molecule has 100 valence electrons. The summed E-state index contributed by atoms with van der Waals surface area (Å²) in [4.78, 5) is 0. The number of anilines is 1. The van der Waals surface area contributed by atoms with Crippen LogP contribution in [0, 0.1) is 5.92 Å². The second-order valence-corrected chi connectivity index (χ2v) is 7.49. The van der Waals surface area contributed by atoms with Crippen LogP contribution in [0.15, 0.2) is 4.34 Å². The highest BCUT2D eigenvalue weighted by Crippen LogP contribution is 2.39. The Balaban J connectivity index is 1.75. The highest BCUT2D eigenvalue weighted by molar-refractivity contribution is 7.91. The minimum Gasteiger partial charge on any atom is -0.376 e. The Morgan fingerprint density at radius 2 is 2.11 bits per heavy atom. The van der Waals surface area contributed by atoms with Crippen molar-refractivity contribution < 1.29 is 13.2 Å². The first-order chi connectivity index (χ1) is 8.56. The van der Waals surface area contributed by atoms with Crippen LogP contribution < -0.4 is 10.5 Å². The number of hydrogen-bond acceptors (Lipinski definition) is 7. The van der Waals surface area contributed by atoms with Crippen LogP contribution in [0.2, 0.25) is 0 Å². The van der Waals surface area contributed by atoms with Gasteiger partial charge in [-0.05, 0) is 25.2 Å². The highest BCUT2D eigenvalue weighted by atomic mass is 32.2. The molecule has 1 aromatic heterocycles. The number of sulfonamides is 1. The maximum absolute atomic E-state index is 12.1. The molecule has 2 atom stereocenters. The molecule has 1 aromatic rings. The third-order valence-corrected chi connectivity index (χ3v) is 5.79. The van der Waals surface area contributed by atoms with E-state index in [0.717, 1.165) is 24.2 Å². The molecular weight excluding hydrogens is 276 g/mol. The molecule has 3 rings (SSSR count). The molecule has 1 saturated heterocycles. The quantitative estimate of drug-likeness (QED) is 0.806. The van der Waals surface area contributed by atoms with Gasteiger partial charge in [0.1, 0.15) is 0 Å². The van der Waals surface area contributed by atoms with Crippen molar-refractivity contribution in [2.24, 2.45) is 5.92 Å². The minimum atomic E-state index is -3.63. The third kappa shape index (κ3) is 2.35. The lowest BCUT2D eigenvalue weighted by Gasteiger charge is -2.18. The third-order valence-electron chi connectivity index (χ3n) is 3.18. The van der Waals surface area contributed by atoms with Gasteiger partial charge in [0.15, 0.2) is 0 Å². The van der Waals surface area contributed by atoms with Crippen molar-refractivity contribution in [2.45, 2.75) is 35.7 Å². The standard InChI is InChI=1S/C9H14N4O3S2/c10-8-11-12-9(17-8)18(14,15)13-6-3-4-16-7(6)5-1-2-5/h5-7,13H,1-4H2,(H2,10,11). The zero-order valence-electron chi connectivity index (χ0n) is 9.57. The van der Waals surface area contributed by atoms with Gasteiger partial charge >= 0.3 is 0 Å². The van der Waals surface area contributed by atoms with E-state index in [9.17, 15) is 8.42 Å². The number of nitrogens with one attached hydrogen (secondary N) is 1. The van der Waals surface area contributed by atoms with E-state index < -0.39 is 10.0 Å². The van der Waals surface area contributed by atoms with E-state index in [1.807, 2.05) is 0 Å². The number of nitrogen functional groups attached to an aromatic ring is 1. The summed E-state index contributed by atoms with van der Waals surface area (Å²) >= 11 is 0.868. The Kier molecular flexibility index (Phi) is 3.00. The second kappa shape index (κ2) is 4.41. The molecule has 0 amide bonds. The molecule has 1 saturated carbocycles. The lowest BCUT2D eigenvalue weighted by molar-refractivity contribution is 0.0848. The van der Waals surface area contributed by atoms with Gasteiger partial charge in [0.2, 0.25) is 9.47 Å². The van der Waals surface area contributed by atoms with Gasteiger partial charge in [-0.1, -0.05) is 11.3 Å². The lowest BCUT2D eigenvalue weighted by atomic mass is 10.1. The first kappa shape index (κ1) is 12.3. The fraction of sp³-hybridized carbons (Fsp3) is 0.778. The molecule has 0 bridgehead atoms. The monoisotopic (exact) mass is 290 g/mol. The first-order valence-corrected chi connectivity index (χ1v) is 8.09. The van der Waals surface area contributed by atoms with Gasteiger partial charge in [-0.25, -0.2) is 13.1 Å². The smallest absolute Gasteiger partial charge is 0.270 e. The summed E-state index contributed by atoms with van der Waals surface area (Å²) in [5.41, 5.74) is 5.40. The Hall–Kier alpha value is -0.770.